The molecule has 0 aliphatic carbocycles. The summed E-state index contributed by atoms with van der Waals surface area (Å²) in [5.41, 5.74) is 26.0. The minimum absolute atomic E-state index is 0.0859. The van der Waals surface area contributed by atoms with Crippen LogP contribution in [0, 0.1) is 0 Å². The predicted octanol–water partition coefficient (Wildman–Crippen LogP) is 0.0312. The quantitative estimate of drug-likeness (QED) is 0.205. The maximum Gasteiger partial charge on any atom is 0.259 e. The Morgan fingerprint density at radius 3 is 1.95 bits per heavy atom. The first-order valence-corrected chi connectivity index (χ1v) is 13.8. The van der Waals surface area contributed by atoms with Crippen molar-refractivity contribution in [3.8, 4) is 17.2 Å². The zero-order chi connectivity index (χ0) is 29.4. The number of nitrogens with one attached hydrogen (secondary N) is 2. The molecule has 2 aromatic carbocycles. The van der Waals surface area contributed by atoms with E-state index in [9.17, 15) is 9.90 Å². The van der Waals surface area contributed by atoms with E-state index in [-0.39, 0.29) is 48.2 Å². The molecular formula is C27H35N11O4. The molecule has 2 saturated heterocycles. The number of anilines is 5. The Morgan fingerprint density at radius 2 is 1.36 bits per heavy atom. The topological polar surface area (TPSA) is 229 Å². The average Bonchev–Trinajstić information content (AvgIpc) is 3.40. The van der Waals surface area contributed by atoms with E-state index in [1.54, 1.807) is 24.3 Å². The standard InChI is InChI=1S/C27H35N11O4/c28-14-5-15(29)10-37(9-14)26-34-25(35-27(36-26)38-11-16(30)6-17(31)12-38)33-18-1-3-20(21(39)7-18)24(40)32-19-2-4-22-23(8-19)42-13-41-22/h1-4,7-8,14-17,39H,5-6,9-13,28-31H2,(H,32,40)(H,33,34,35,36)/t14-,15+,16-,17+. The second kappa shape index (κ2) is 11.4. The Labute approximate surface area is 242 Å². The number of benzene rings is 2. The van der Waals surface area contributed by atoms with Gasteiger partial charge < -0.3 is 57.9 Å². The summed E-state index contributed by atoms with van der Waals surface area (Å²) in [6.07, 6.45) is 1.42. The number of carbonyl (C=O) groups is 1. The molecule has 0 bridgehead atoms. The summed E-state index contributed by atoms with van der Waals surface area (Å²) >= 11 is 0. The lowest BCUT2D eigenvalue weighted by molar-refractivity contribution is 0.102. The fraction of sp³-hybridized carbons (Fsp3) is 0.407. The number of nitrogens with two attached hydrogens (primary N) is 4. The molecule has 4 heterocycles. The van der Waals surface area contributed by atoms with E-state index in [1.807, 2.05) is 9.80 Å². The molecule has 42 heavy (non-hydrogen) atoms. The largest absolute Gasteiger partial charge is 0.507 e. The van der Waals surface area contributed by atoms with Crippen molar-refractivity contribution >= 4 is 35.1 Å². The van der Waals surface area contributed by atoms with Crippen molar-refractivity contribution < 1.29 is 19.4 Å². The van der Waals surface area contributed by atoms with Crippen LogP contribution in [-0.2, 0) is 0 Å². The first kappa shape index (κ1) is 27.7. The minimum Gasteiger partial charge on any atom is -0.507 e. The highest BCUT2D eigenvalue weighted by Crippen LogP contribution is 2.35. The molecule has 0 radical (unpaired) electrons. The highest BCUT2D eigenvalue weighted by molar-refractivity contribution is 6.06. The average molecular weight is 578 g/mol. The Kier molecular flexibility index (Phi) is 7.55. The van der Waals surface area contributed by atoms with Crippen molar-refractivity contribution in [2.45, 2.75) is 37.0 Å². The van der Waals surface area contributed by atoms with E-state index in [0.29, 0.717) is 73.8 Å². The monoisotopic (exact) mass is 577 g/mol. The van der Waals surface area contributed by atoms with E-state index in [2.05, 4.69) is 20.6 Å². The minimum atomic E-state index is -0.488. The van der Waals surface area contributed by atoms with Gasteiger partial charge in [0.2, 0.25) is 24.6 Å². The van der Waals surface area contributed by atoms with Crippen LogP contribution in [0.25, 0.3) is 0 Å². The lowest BCUT2D eigenvalue weighted by Gasteiger charge is -2.37. The highest BCUT2D eigenvalue weighted by atomic mass is 16.7. The van der Waals surface area contributed by atoms with E-state index >= 15 is 0 Å². The molecule has 0 saturated carbocycles. The molecule has 15 nitrogen and oxygen atoms in total. The number of aromatic hydroxyl groups is 1. The molecule has 1 amide bonds. The molecule has 15 heteroatoms. The number of phenolic OH excluding ortho intramolecular Hbond substituents is 1. The molecule has 0 spiro atoms. The maximum atomic E-state index is 12.9. The van der Waals surface area contributed by atoms with Gasteiger partial charge in [-0.25, -0.2) is 0 Å². The van der Waals surface area contributed by atoms with Crippen molar-refractivity contribution in [1.82, 2.24) is 15.0 Å². The van der Waals surface area contributed by atoms with Gasteiger partial charge in [-0.3, -0.25) is 4.79 Å². The molecule has 4 atom stereocenters. The first-order chi connectivity index (χ1) is 20.2. The van der Waals surface area contributed by atoms with Crippen LogP contribution in [0.1, 0.15) is 23.2 Å². The summed E-state index contributed by atoms with van der Waals surface area (Å²) in [6.45, 7) is 2.31. The number of fused-ring (bicyclic) bond motifs is 1. The van der Waals surface area contributed by atoms with Crippen molar-refractivity contribution in [2.75, 3.05) is 53.4 Å². The fourth-order valence-corrected chi connectivity index (χ4v) is 5.48. The number of carbonyl (C=O) groups excluding carboxylic acids is 1. The molecular weight excluding hydrogens is 542 g/mol. The molecule has 2 fully saturated rings. The normalized spacial score (nSPS) is 23.5. The summed E-state index contributed by atoms with van der Waals surface area (Å²) in [7, 11) is 0. The van der Waals surface area contributed by atoms with E-state index in [1.165, 1.54) is 12.1 Å². The fourth-order valence-electron chi connectivity index (χ4n) is 5.48. The van der Waals surface area contributed by atoms with Gasteiger partial charge in [-0.1, -0.05) is 0 Å². The second-order valence-corrected chi connectivity index (χ2v) is 11.0. The Hall–Kier alpha value is -4.44. The van der Waals surface area contributed by atoms with Crippen LogP contribution in [0.3, 0.4) is 0 Å². The summed E-state index contributed by atoms with van der Waals surface area (Å²) in [5.74, 6) is 1.51. The second-order valence-electron chi connectivity index (χ2n) is 11.0. The summed E-state index contributed by atoms with van der Waals surface area (Å²) < 4.78 is 10.7. The zero-order valence-corrected chi connectivity index (χ0v) is 22.9. The van der Waals surface area contributed by atoms with Gasteiger partial charge >= 0.3 is 0 Å². The van der Waals surface area contributed by atoms with E-state index in [0.717, 1.165) is 0 Å². The van der Waals surface area contributed by atoms with Crippen molar-refractivity contribution in [3.63, 3.8) is 0 Å². The third-order valence-corrected chi connectivity index (χ3v) is 7.34. The van der Waals surface area contributed by atoms with Gasteiger partial charge in [0.1, 0.15) is 5.75 Å². The molecule has 3 aliphatic heterocycles. The van der Waals surface area contributed by atoms with Gasteiger partial charge in [0.15, 0.2) is 11.5 Å². The van der Waals surface area contributed by atoms with Crippen LogP contribution in [0.5, 0.6) is 17.2 Å². The SMILES string of the molecule is N[C@@H]1C[C@H](N)CN(c2nc(Nc3ccc(C(=O)Nc4ccc5c(c4)OCO5)c(O)c3)nc(N3C[C@H](N)C[C@H](N)C3)n2)C1. The number of rotatable bonds is 6. The molecule has 11 N–H and O–H groups in total. The molecule has 1 aromatic heterocycles. The lowest BCUT2D eigenvalue weighted by Crippen LogP contribution is -2.54. The summed E-state index contributed by atoms with van der Waals surface area (Å²) in [6, 6.07) is 9.18. The van der Waals surface area contributed by atoms with Crippen LogP contribution >= 0.6 is 0 Å². The van der Waals surface area contributed by atoms with Gasteiger partial charge in [-0.05, 0) is 37.1 Å². The zero-order valence-electron chi connectivity index (χ0n) is 22.9. The Morgan fingerprint density at radius 1 is 0.786 bits per heavy atom. The predicted molar refractivity (Wildman–Crippen MR) is 157 cm³/mol. The molecule has 6 rings (SSSR count). The summed E-state index contributed by atoms with van der Waals surface area (Å²) in [5, 5.41) is 16.6. The first-order valence-electron chi connectivity index (χ1n) is 13.8. The van der Waals surface area contributed by atoms with E-state index in [4.69, 9.17) is 37.4 Å². The summed E-state index contributed by atoms with van der Waals surface area (Å²) in [4.78, 5) is 30.8. The maximum absolute atomic E-state index is 12.9. The van der Waals surface area contributed by atoms with Gasteiger partial charge in [-0.15, -0.1) is 0 Å². The number of piperidine rings is 2. The Balaban J connectivity index is 1.23. The third-order valence-electron chi connectivity index (χ3n) is 7.34. The van der Waals surface area contributed by atoms with Crippen molar-refractivity contribution in [2.24, 2.45) is 22.9 Å². The third kappa shape index (κ3) is 6.08. The van der Waals surface area contributed by atoms with Gasteiger partial charge in [-0.2, -0.15) is 15.0 Å². The van der Waals surface area contributed by atoms with Crippen molar-refractivity contribution in [1.29, 1.82) is 0 Å². The van der Waals surface area contributed by atoms with Crippen LogP contribution in [-0.4, -0.2) is 83.1 Å². The smallest absolute Gasteiger partial charge is 0.259 e. The molecule has 222 valence electrons. The van der Waals surface area contributed by atoms with Crippen molar-refractivity contribution in [3.05, 3.63) is 42.0 Å². The van der Waals surface area contributed by atoms with Crippen LogP contribution in [0.15, 0.2) is 36.4 Å². The number of phenols is 1. The van der Waals surface area contributed by atoms with E-state index < -0.39 is 5.91 Å². The molecule has 0 unspecified atom stereocenters. The van der Waals surface area contributed by atoms with Crippen LogP contribution in [0.4, 0.5) is 29.2 Å². The van der Waals surface area contributed by atoms with Crippen LogP contribution in [0.2, 0.25) is 0 Å². The number of ether oxygens (including phenoxy) is 2. The van der Waals surface area contributed by atoms with Crippen LogP contribution < -0.4 is 52.8 Å². The van der Waals surface area contributed by atoms with Gasteiger partial charge in [0.25, 0.3) is 5.91 Å². The highest BCUT2D eigenvalue weighted by Gasteiger charge is 2.29. The number of amides is 1. The number of aromatic nitrogens is 3. The molecule has 3 aliphatic rings. The molecule has 3 aromatic rings. The van der Waals surface area contributed by atoms with Gasteiger partial charge in [0, 0.05) is 73.9 Å². The lowest BCUT2D eigenvalue weighted by atomic mass is 10.0. The number of hydrogen-bond acceptors (Lipinski definition) is 14. The van der Waals surface area contributed by atoms with Gasteiger partial charge in [0.05, 0.1) is 5.56 Å². The number of hydrogen-bond donors (Lipinski definition) is 7. The number of nitrogens with zero attached hydrogens (tertiary/aromatic N) is 5. The Bertz CT molecular complexity index is 1410.